The Kier molecular flexibility index (Phi) is 6.07. The fraction of sp³-hybridized carbons (Fsp3) is 0.833. The molecule has 3 N–H and O–H groups in total. The van der Waals surface area contributed by atoms with Gasteiger partial charge in [0.05, 0.1) is 12.7 Å². The maximum atomic E-state index is 11.4. The second-order valence-electron chi connectivity index (χ2n) is 4.77. The molecule has 1 saturated carbocycles. The molecule has 0 aromatic heterocycles. The zero-order chi connectivity index (χ0) is 13.5. The van der Waals surface area contributed by atoms with E-state index in [1.165, 1.54) is 7.11 Å². The van der Waals surface area contributed by atoms with E-state index in [2.05, 4.69) is 10.6 Å². The van der Waals surface area contributed by atoms with Crippen LogP contribution in [0.5, 0.6) is 0 Å². The topological polar surface area (TPSA) is 87.7 Å². The average molecular weight is 258 g/mol. The van der Waals surface area contributed by atoms with Crippen molar-refractivity contribution in [3.05, 3.63) is 0 Å². The monoisotopic (exact) mass is 258 g/mol. The average Bonchev–Trinajstić information content (AvgIpc) is 3.04. The minimum atomic E-state index is -0.694. The van der Waals surface area contributed by atoms with Gasteiger partial charge in [0.25, 0.3) is 0 Å². The lowest BCUT2D eigenvalue weighted by molar-refractivity contribution is -0.123. The number of nitrogens with one attached hydrogen (secondary N) is 2. The van der Waals surface area contributed by atoms with Crippen molar-refractivity contribution >= 4 is 11.8 Å². The molecule has 1 aliphatic rings. The molecule has 0 aromatic carbocycles. The largest absolute Gasteiger partial charge is 0.389 e. The Labute approximate surface area is 107 Å². The third kappa shape index (κ3) is 5.46. The van der Waals surface area contributed by atoms with Gasteiger partial charge in [-0.3, -0.25) is 9.59 Å². The van der Waals surface area contributed by atoms with E-state index >= 15 is 0 Å². The fourth-order valence-corrected chi connectivity index (χ4v) is 1.69. The molecule has 0 heterocycles. The first-order valence-electron chi connectivity index (χ1n) is 6.26. The first-order chi connectivity index (χ1) is 8.54. The van der Waals surface area contributed by atoms with Crippen LogP contribution in [-0.2, 0) is 14.3 Å². The Hall–Kier alpha value is -1.14. The normalized spacial score (nSPS) is 23.3. The van der Waals surface area contributed by atoms with Crippen LogP contribution in [0.4, 0.5) is 0 Å². The molecule has 104 valence electrons. The molecule has 1 rings (SSSR count). The number of carbonyl (C=O) groups excluding carboxylic acids is 2. The maximum absolute atomic E-state index is 11.4. The molecule has 0 aliphatic heterocycles. The van der Waals surface area contributed by atoms with Crippen LogP contribution in [-0.4, -0.2) is 49.8 Å². The van der Waals surface area contributed by atoms with Crippen molar-refractivity contribution in [2.24, 2.45) is 11.8 Å². The lowest BCUT2D eigenvalue weighted by Crippen LogP contribution is -2.36. The number of carbonyl (C=O) groups is 2. The highest BCUT2D eigenvalue weighted by molar-refractivity contribution is 5.82. The van der Waals surface area contributed by atoms with Gasteiger partial charge >= 0.3 is 0 Å². The highest BCUT2D eigenvalue weighted by atomic mass is 16.5. The summed E-state index contributed by atoms with van der Waals surface area (Å²) in [5, 5.41) is 14.6. The number of aliphatic hydroxyl groups is 1. The van der Waals surface area contributed by atoms with Crippen molar-refractivity contribution in [2.75, 3.05) is 26.8 Å². The fourth-order valence-electron chi connectivity index (χ4n) is 1.69. The lowest BCUT2D eigenvalue weighted by Gasteiger charge is -2.10. The number of methoxy groups -OCH3 is 1. The van der Waals surface area contributed by atoms with Gasteiger partial charge in [0.1, 0.15) is 0 Å². The number of rotatable bonds is 8. The number of hydrogen-bond donors (Lipinski definition) is 3. The SMILES string of the molecule is COCC(O)CNC(=O)CCNC(=O)C1CC1C. The molecular weight excluding hydrogens is 236 g/mol. The molecule has 0 spiro atoms. The van der Waals surface area contributed by atoms with Crippen LogP contribution in [0.25, 0.3) is 0 Å². The summed E-state index contributed by atoms with van der Waals surface area (Å²) in [5.74, 6) is 0.462. The Balaban J connectivity index is 2.01. The molecule has 1 aliphatic carbocycles. The summed E-state index contributed by atoms with van der Waals surface area (Å²) < 4.78 is 4.73. The second-order valence-corrected chi connectivity index (χ2v) is 4.77. The van der Waals surface area contributed by atoms with Crippen LogP contribution in [0.2, 0.25) is 0 Å². The second kappa shape index (κ2) is 7.33. The van der Waals surface area contributed by atoms with Crippen molar-refractivity contribution < 1.29 is 19.4 Å². The number of aliphatic hydroxyl groups excluding tert-OH is 1. The van der Waals surface area contributed by atoms with Gasteiger partial charge < -0.3 is 20.5 Å². The van der Waals surface area contributed by atoms with Crippen LogP contribution in [0.15, 0.2) is 0 Å². The van der Waals surface area contributed by atoms with E-state index < -0.39 is 6.10 Å². The van der Waals surface area contributed by atoms with Crippen LogP contribution >= 0.6 is 0 Å². The van der Waals surface area contributed by atoms with Crippen LogP contribution in [0, 0.1) is 11.8 Å². The summed E-state index contributed by atoms with van der Waals surface area (Å²) in [6.07, 6.45) is 0.481. The van der Waals surface area contributed by atoms with Crippen molar-refractivity contribution in [3.8, 4) is 0 Å². The van der Waals surface area contributed by atoms with Crippen molar-refractivity contribution in [1.29, 1.82) is 0 Å². The predicted molar refractivity (Wildman–Crippen MR) is 65.8 cm³/mol. The molecule has 3 unspecified atom stereocenters. The molecule has 1 fully saturated rings. The van der Waals surface area contributed by atoms with Crippen LogP contribution in [0.1, 0.15) is 19.8 Å². The van der Waals surface area contributed by atoms with Gasteiger partial charge in [0.2, 0.25) is 11.8 Å². The van der Waals surface area contributed by atoms with Crippen molar-refractivity contribution in [3.63, 3.8) is 0 Å². The quantitative estimate of drug-likeness (QED) is 0.536. The van der Waals surface area contributed by atoms with Gasteiger partial charge in [0, 0.05) is 32.5 Å². The summed E-state index contributed by atoms with van der Waals surface area (Å²) >= 11 is 0. The molecule has 6 nitrogen and oxygen atoms in total. The summed E-state index contributed by atoms with van der Waals surface area (Å²) in [7, 11) is 1.49. The molecule has 18 heavy (non-hydrogen) atoms. The van der Waals surface area contributed by atoms with Crippen LogP contribution < -0.4 is 10.6 Å². The van der Waals surface area contributed by atoms with Gasteiger partial charge in [-0.05, 0) is 12.3 Å². The maximum Gasteiger partial charge on any atom is 0.223 e. The van der Waals surface area contributed by atoms with Crippen molar-refractivity contribution in [1.82, 2.24) is 10.6 Å². The molecule has 2 amide bonds. The third-order valence-electron chi connectivity index (χ3n) is 2.99. The van der Waals surface area contributed by atoms with E-state index in [9.17, 15) is 14.7 Å². The Morgan fingerprint density at radius 2 is 2.11 bits per heavy atom. The standard InChI is InChI=1S/C12H22N2O4/c1-8-5-10(8)12(17)13-4-3-11(16)14-6-9(15)7-18-2/h8-10,15H,3-7H2,1-2H3,(H,13,17)(H,14,16). The van der Waals surface area contributed by atoms with E-state index in [1.54, 1.807) is 0 Å². The minimum Gasteiger partial charge on any atom is -0.389 e. The highest BCUT2D eigenvalue weighted by Crippen LogP contribution is 2.37. The molecule has 6 heteroatoms. The van der Waals surface area contributed by atoms with Gasteiger partial charge in [-0.2, -0.15) is 0 Å². The Bertz CT molecular complexity index is 296. The summed E-state index contributed by atoms with van der Waals surface area (Å²) in [6, 6.07) is 0. The molecule has 3 atom stereocenters. The molecule has 0 bridgehead atoms. The molecular formula is C12H22N2O4. The van der Waals surface area contributed by atoms with E-state index in [-0.39, 0.29) is 37.3 Å². The van der Waals surface area contributed by atoms with Gasteiger partial charge in [-0.25, -0.2) is 0 Å². The van der Waals surface area contributed by atoms with Gasteiger partial charge in [-0.1, -0.05) is 6.92 Å². The predicted octanol–water partition coefficient (Wildman–Crippen LogP) is -0.728. The first-order valence-corrected chi connectivity index (χ1v) is 6.26. The van der Waals surface area contributed by atoms with Gasteiger partial charge in [0.15, 0.2) is 0 Å². The first kappa shape index (κ1) is 14.9. The van der Waals surface area contributed by atoms with E-state index in [4.69, 9.17) is 4.74 Å². The highest BCUT2D eigenvalue weighted by Gasteiger charge is 2.38. The smallest absolute Gasteiger partial charge is 0.223 e. The van der Waals surface area contributed by atoms with Crippen molar-refractivity contribution in [2.45, 2.75) is 25.9 Å². The van der Waals surface area contributed by atoms with Gasteiger partial charge in [-0.15, -0.1) is 0 Å². The Morgan fingerprint density at radius 1 is 1.44 bits per heavy atom. The lowest BCUT2D eigenvalue weighted by atomic mass is 10.3. The summed E-state index contributed by atoms with van der Waals surface area (Å²) in [4.78, 5) is 22.8. The Morgan fingerprint density at radius 3 is 2.67 bits per heavy atom. The minimum absolute atomic E-state index is 0.0368. The van der Waals surface area contributed by atoms with E-state index in [1.807, 2.05) is 6.92 Å². The van der Waals surface area contributed by atoms with E-state index in [0.717, 1.165) is 6.42 Å². The molecule has 0 saturated heterocycles. The van der Waals surface area contributed by atoms with E-state index in [0.29, 0.717) is 12.5 Å². The summed E-state index contributed by atoms with van der Waals surface area (Å²) in [6.45, 7) is 2.74. The zero-order valence-electron chi connectivity index (χ0n) is 10.9. The number of ether oxygens (including phenoxy) is 1. The zero-order valence-corrected chi connectivity index (χ0v) is 10.9. The number of amides is 2. The van der Waals surface area contributed by atoms with Crippen LogP contribution in [0.3, 0.4) is 0 Å². The third-order valence-corrected chi connectivity index (χ3v) is 2.99. The summed E-state index contributed by atoms with van der Waals surface area (Å²) in [5.41, 5.74) is 0. The number of hydrogen-bond acceptors (Lipinski definition) is 4. The molecule has 0 aromatic rings. The molecule has 0 radical (unpaired) electrons.